The minimum absolute atomic E-state index is 0.231. The highest BCUT2D eigenvalue weighted by atomic mass is 32.1. The molecule has 0 aliphatic carbocycles. The normalized spacial score (nSPS) is 19.6. The number of benzene rings is 1. The van der Waals surface area contributed by atoms with Crippen molar-refractivity contribution in [1.82, 2.24) is 4.90 Å². The molecule has 1 aliphatic rings. The van der Waals surface area contributed by atoms with Crippen LogP contribution in [0.4, 0.5) is 5.69 Å². The van der Waals surface area contributed by atoms with E-state index < -0.39 is 0 Å². The first kappa shape index (κ1) is 13.3. The van der Waals surface area contributed by atoms with Crippen molar-refractivity contribution in [2.75, 3.05) is 18.5 Å². The SMILES string of the molecule is OCC[C@@H]1CCCCN1C(=S)Nc1ccccc1. The molecule has 3 nitrogen and oxygen atoms in total. The molecule has 1 atom stereocenters. The van der Waals surface area contributed by atoms with Gasteiger partial charge in [-0.25, -0.2) is 0 Å². The predicted octanol–water partition coefficient (Wildman–Crippen LogP) is 2.62. The summed E-state index contributed by atoms with van der Waals surface area (Å²) in [5.74, 6) is 0. The summed E-state index contributed by atoms with van der Waals surface area (Å²) in [5, 5.41) is 13.2. The summed E-state index contributed by atoms with van der Waals surface area (Å²) < 4.78 is 0. The van der Waals surface area contributed by atoms with Gasteiger partial charge in [0.1, 0.15) is 0 Å². The Bertz CT molecular complexity index is 381. The molecule has 1 heterocycles. The summed E-state index contributed by atoms with van der Waals surface area (Å²) in [4.78, 5) is 2.22. The van der Waals surface area contributed by atoms with Crippen molar-refractivity contribution in [2.24, 2.45) is 0 Å². The molecule has 4 heteroatoms. The molecule has 0 bridgehead atoms. The van der Waals surface area contributed by atoms with Crippen molar-refractivity contribution in [3.8, 4) is 0 Å². The number of rotatable bonds is 3. The zero-order chi connectivity index (χ0) is 12.8. The molecule has 0 spiro atoms. The fourth-order valence-electron chi connectivity index (χ4n) is 2.43. The average Bonchev–Trinajstić information content (AvgIpc) is 2.41. The maximum Gasteiger partial charge on any atom is 0.173 e. The number of thiocarbonyl (C=S) groups is 1. The quantitative estimate of drug-likeness (QED) is 0.823. The lowest BCUT2D eigenvalue weighted by Gasteiger charge is -2.37. The van der Waals surface area contributed by atoms with E-state index in [4.69, 9.17) is 17.3 Å². The van der Waals surface area contributed by atoms with E-state index in [2.05, 4.69) is 10.2 Å². The third-order valence-corrected chi connectivity index (χ3v) is 3.71. The highest BCUT2D eigenvalue weighted by molar-refractivity contribution is 7.80. The second-order valence-electron chi connectivity index (χ2n) is 4.65. The molecule has 0 radical (unpaired) electrons. The number of aliphatic hydroxyl groups excluding tert-OH is 1. The first-order valence-corrected chi connectivity index (χ1v) is 6.95. The summed E-state index contributed by atoms with van der Waals surface area (Å²) in [6.45, 7) is 1.22. The Morgan fingerprint density at radius 1 is 1.33 bits per heavy atom. The van der Waals surface area contributed by atoms with Crippen molar-refractivity contribution in [3.63, 3.8) is 0 Å². The van der Waals surface area contributed by atoms with Gasteiger partial charge in [-0.2, -0.15) is 0 Å². The smallest absolute Gasteiger partial charge is 0.173 e. The van der Waals surface area contributed by atoms with Crippen LogP contribution in [-0.2, 0) is 0 Å². The van der Waals surface area contributed by atoms with Gasteiger partial charge in [-0.1, -0.05) is 18.2 Å². The Hall–Kier alpha value is -1.13. The number of likely N-dealkylation sites (tertiary alicyclic amines) is 1. The van der Waals surface area contributed by atoms with Crippen molar-refractivity contribution in [1.29, 1.82) is 0 Å². The Balaban J connectivity index is 1.98. The van der Waals surface area contributed by atoms with Crippen molar-refractivity contribution in [3.05, 3.63) is 30.3 Å². The summed E-state index contributed by atoms with van der Waals surface area (Å²) >= 11 is 5.48. The van der Waals surface area contributed by atoms with E-state index in [1.165, 1.54) is 12.8 Å². The maximum atomic E-state index is 9.12. The fourth-order valence-corrected chi connectivity index (χ4v) is 2.79. The van der Waals surface area contributed by atoms with Gasteiger partial charge in [0.25, 0.3) is 0 Å². The first-order valence-electron chi connectivity index (χ1n) is 6.55. The number of hydrogen-bond acceptors (Lipinski definition) is 2. The molecular weight excluding hydrogens is 244 g/mol. The molecule has 98 valence electrons. The van der Waals surface area contributed by atoms with E-state index in [1.807, 2.05) is 30.3 Å². The number of nitrogens with one attached hydrogen (secondary N) is 1. The van der Waals surface area contributed by atoms with Gasteiger partial charge in [-0.15, -0.1) is 0 Å². The summed E-state index contributed by atoms with van der Waals surface area (Å²) in [5.41, 5.74) is 1.02. The lowest BCUT2D eigenvalue weighted by atomic mass is 10.0. The van der Waals surface area contributed by atoms with E-state index in [0.717, 1.165) is 30.2 Å². The molecule has 2 rings (SSSR count). The number of nitrogens with zero attached hydrogens (tertiary/aromatic N) is 1. The van der Waals surface area contributed by atoms with Crippen molar-refractivity contribution in [2.45, 2.75) is 31.7 Å². The van der Waals surface area contributed by atoms with Crippen molar-refractivity contribution >= 4 is 23.0 Å². The number of para-hydroxylation sites is 1. The Labute approximate surface area is 114 Å². The molecule has 2 N–H and O–H groups in total. The minimum Gasteiger partial charge on any atom is -0.396 e. The molecule has 1 saturated heterocycles. The monoisotopic (exact) mass is 264 g/mol. The van der Waals surface area contributed by atoms with Crippen LogP contribution in [0.25, 0.3) is 0 Å². The van der Waals surface area contributed by atoms with Gasteiger partial charge in [0.15, 0.2) is 5.11 Å². The van der Waals surface area contributed by atoms with Crippen LogP contribution in [-0.4, -0.2) is 34.3 Å². The molecule has 1 aromatic rings. The van der Waals surface area contributed by atoms with Crippen LogP contribution < -0.4 is 5.32 Å². The second kappa shape index (κ2) is 6.71. The van der Waals surface area contributed by atoms with E-state index in [9.17, 15) is 0 Å². The lowest BCUT2D eigenvalue weighted by Crippen LogP contribution is -2.46. The van der Waals surface area contributed by atoms with Gasteiger partial charge in [-0.05, 0) is 50.0 Å². The third-order valence-electron chi connectivity index (χ3n) is 3.38. The fraction of sp³-hybridized carbons (Fsp3) is 0.500. The number of hydrogen-bond donors (Lipinski definition) is 2. The van der Waals surface area contributed by atoms with E-state index >= 15 is 0 Å². The standard InChI is InChI=1S/C14H20N2OS/c17-11-9-13-8-4-5-10-16(13)14(18)15-12-6-2-1-3-7-12/h1-3,6-7,13,17H,4-5,8-11H2,(H,15,18)/t13-/m0/s1. The molecule has 1 fully saturated rings. The average molecular weight is 264 g/mol. The summed E-state index contributed by atoms with van der Waals surface area (Å²) in [7, 11) is 0. The molecule has 0 saturated carbocycles. The molecule has 1 aromatic carbocycles. The van der Waals surface area contributed by atoms with Gasteiger partial charge in [0.2, 0.25) is 0 Å². The molecule has 0 unspecified atom stereocenters. The molecule has 1 aliphatic heterocycles. The lowest BCUT2D eigenvalue weighted by molar-refractivity contribution is 0.186. The van der Waals surface area contributed by atoms with Crippen LogP contribution in [0.15, 0.2) is 30.3 Å². The minimum atomic E-state index is 0.231. The predicted molar refractivity (Wildman–Crippen MR) is 78.7 cm³/mol. The zero-order valence-corrected chi connectivity index (χ0v) is 11.3. The van der Waals surface area contributed by atoms with E-state index in [-0.39, 0.29) is 6.61 Å². The molecular formula is C14H20N2OS. The highest BCUT2D eigenvalue weighted by Gasteiger charge is 2.23. The third kappa shape index (κ3) is 3.43. The van der Waals surface area contributed by atoms with Gasteiger partial charge in [0.05, 0.1) is 0 Å². The molecule has 0 amide bonds. The number of anilines is 1. The van der Waals surface area contributed by atoms with Crippen LogP contribution in [0.1, 0.15) is 25.7 Å². The first-order chi connectivity index (χ1) is 8.81. The van der Waals surface area contributed by atoms with Crippen LogP contribution in [0.5, 0.6) is 0 Å². The molecule has 18 heavy (non-hydrogen) atoms. The Morgan fingerprint density at radius 3 is 2.83 bits per heavy atom. The van der Waals surface area contributed by atoms with Gasteiger partial charge >= 0.3 is 0 Å². The van der Waals surface area contributed by atoms with E-state index in [1.54, 1.807) is 0 Å². The van der Waals surface area contributed by atoms with Crippen LogP contribution in [0, 0.1) is 0 Å². The number of aliphatic hydroxyl groups is 1. The van der Waals surface area contributed by atoms with Crippen molar-refractivity contribution < 1.29 is 5.11 Å². The summed E-state index contributed by atoms with van der Waals surface area (Å²) in [6, 6.07) is 10.4. The van der Waals surface area contributed by atoms with Crippen LogP contribution in [0.3, 0.4) is 0 Å². The Kier molecular flexibility index (Phi) is 4.96. The van der Waals surface area contributed by atoms with E-state index in [0.29, 0.717) is 6.04 Å². The molecule has 0 aromatic heterocycles. The number of piperidine rings is 1. The topological polar surface area (TPSA) is 35.5 Å². The maximum absolute atomic E-state index is 9.12. The largest absolute Gasteiger partial charge is 0.396 e. The second-order valence-corrected chi connectivity index (χ2v) is 5.04. The Morgan fingerprint density at radius 2 is 2.11 bits per heavy atom. The van der Waals surface area contributed by atoms with Crippen LogP contribution in [0.2, 0.25) is 0 Å². The van der Waals surface area contributed by atoms with Crippen LogP contribution >= 0.6 is 12.2 Å². The van der Waals surface area contributed by atoms with Gasteiger partial charge in [0, 0.05) is 24.9 Å². The zero-order valence-electron chi connectivity index (χ0n) is 10.5. The summed E-state index contributed by atoms with van der Waals surface area (Å²) in [6.07, 6.45) is 4.33. The highest BCUT2D eigenvalue weighted by Crippen LogP contribution is 2.20. The van der Waals surface area contributed by atoms with Gasteiger partial charge < -0.3 is 15.3 Å². The van der Waals surface area contributed by atoms with Gasteiger partial charge in [-0.3, -0.25) is 0 Å².